The first-order valence-electron chi connectivity index (χ1n) is 5.76. The quantitative estimate of drug-likeness (QED) is 0.923. The Balaban J connectivity index is 2.43. The number of hydrogen-bond donors (Lipinski definition) is 1. The van der Waals surface area contributed by atoms with Crippen LogP contribution >= 0.6 is 0 Å². The van der Waals surface area contributed by atoms with Crippen molar-refractivity contribution in [2.75, 3.05) is 0 Å². The molecule has 0 saturated heterocycles. The van der Waals surface area contributed by atoms with Crippen molar-refractivity contribution in [2.45, 2.75) is 20.4 Å². The van der Waals surface area contributed by atoms with Crippen molar-refractivity contribution >= 4 is 5.97 Å². The molecule has 0 aliphatic rings. The molecule has 2 rings (SSSR count). The molecule has 0 atom stereocenters. The topological polar surface area (TPSA) is 80.9 Å². The highest BCUT2D eigenvalue weighted by Gasteiger charge is 2.30. The molecule has 20 heavy (non-hydrogen) atoms. The molecule has 106 valence electrons. The first-order valence-corrected chi connectivity index (χ1v) is 5.76. The Morgan fingerprint density at radius 2 is 2.10 bits per heavy atom. The zero-order valence-corrected chi connectivity index (χ0v) is 10.8. The summed E-state index contributed by atoms with van der Waals surface area (Å²) in [7, 11) is 0. The molecule has 1 heterocycles. The number of aromatic nitrogens is 4. The highest BCUT2D eigenvalue weighted by molar-refractivity contribution is 5.73. The van der Waals surface area contributed by atoms with Gasteiger partial charge < -0.3 is 5.11 Å². The predicted octanol–water partition coefficient (Wildman–Crippen LogP) is 1.73. The lowest BCUT2D eigenvalue weighted by Crippen LogP contribution is -2.30. The Morgan fingerprint density at radius 1 is 1.40 bits per heavy atom. The number of rotatable bonds is 4. The van der Waals surface area contributed by atoms with E-state index >= 15 is 0 Å². The van der Waals surface area contributed by atoms with Gasteiger partial charge in [-0.05, 0) is 42.5 Å². The van der Waals surface area contributed by atoms with Gasteiger partial charge in [-0.1, -0.05) is 0 Å². The standard InChI is InChI=1S/C12H12F2N4O2/c1-12(2,11(19)20)6-18-10(15-16-17-18)8-5-7(13)3-4-9(8)14/h3-5H,6H2,1-2H3,(H,19,20). The number of halogens is 2. The number of tetrazole rings is 1. The fourth-order valence-corrected chi connectivity index (χ4v) is 1.61. The van der Waals surface area contributed by atoms with E-state index in [0.29, 0.717) is 0 Å². The SMILES string of the molecule is CC(C)(Cn1nnnc1-c1cc(F)ccc1F)C(=O)O. The summed E-state index contributed by atoms with van der Waals surface area (Å²) in [6.45, 7) is 2.91. The lowest BCUT2D eigenvalue weighted by Gasteiger charge is -2.19. The molecule has 8 heteroatoms. The van der Waals surface area contributed by atoms with E-state index in [-0.39, 0.29) is 17.9 Å². The van der Waals surface area contributed by atoms with Crippen LogP contribution in [0.3, 0.4) is 0 Å². The second-order valence-corrected chi connectivity index (χ2v) is 4.97. The number of hydrogen-bond acceptors (Lipinski definition) is 4. The van der Waals surface area contributed by atoms with Crippen molar-refractivity contribution < 1.29 is 18.7 Å². The molecule has 1 N–H and O–H groups in total. The number of carbonyl (C=O) groups is 1. The average molecular weight is 282 g/mol. The second kappa shape index (κ2) is 4.95. The maximum absolute atomic E-state index is 13.7. The van der Waals surface area contributed by atoms with Crippen LogP contribution in [-0.4, -0.2) is 31.3 Å². The van der Waals surface area contributed by atoms with E-state index in [9.17, 15) is 13.6 Å². The molecule has 0 radical (unpaired) electrons. The molecule has 6 nitrogen and oxygen atoms in total. The van der Waals surface area contributed by atoms with Gasteiger partial charge in [0.1, 0.15) is 11.6 Å². The van der Waals surface area contributed by atoms with Gasteiger partial charge in [0.25, 0.3) is 0 Å². The van der Waals surface area contributed by atoms with Crippen molar-refractivity contribution in [1.29, 1.82) is 0 Å². The van der Waals surface area contributed by atoms with Gasteiger partial charge in [-0.3, -0.25) is 4.79 Å². The summed E-state index contributed by atoms with van der Waals surface area (Å²) < 4.78 is 28.1. The first-order chi connectivity index (χ1) is 9.31. The van der Waals surface area contributed by atoms with Crippen molar-refractivity contribution in [1.82, 2.24) is 20.2 Å². The predicted molar refractivity (Wildman–Crippen MR) is 64.6 cm³/mol. The van der Waals surface area contributed by atoms with Crippen molar-refractivity contribution in [3.63, 3.8) is 0 Å². The largest absolute Gasteiger partial charge is 0.481 e. The summed E-state index contributed by atoms with van der Waals surface area (Å²) in [4.78, 5) is 11.1. The molecule has 0 bridgehead atoms. The maximum atomic E-state index is 13.7. The van der Waals surface area contributed by atoms with Gasteiger partial charge >= 0.3 is 5.97 Å². The van der Waals surface area contributed by atoms with Crippen LogP contribution in [0, 0.1) is 17.0 Å². The number of carboxylic acids is 1. The Bertz CT molecular complexity index is 655. The number of carboxylic acid groups (broad SMARTS) is 1. The normalized spacial score (nSPS) is 11.6. The highest BCUT2D eigenvalue weighted by Crippen LogP contribution is 2.24. The van der Waals surface area contributed by atoms with Crippen molar-refractivity contribution in [3.8, 4) is 11.4 Å². The van der Waals surface area contributed by atoms with E-state index in [2.05, 4.69) is 15.5 Å². The molecular formula is C12H12F2N4O2. The van der Waals surface area contributed by atoms with Gasteiger partial charge in [-0.2, -0.15) is 0 Å². The van der Waals surface area contributed by atoms with Crippen molar-refractivity contribution in [3.05, 3.63) is 29.8 Å². The molecule has 2 aromatic rings. The average Bonchev–Trinajstić information content (AvgIpc) is 2.79. The van der Waals surface area contributed by atoms with Crippen LogP contribution in [0.2, 0.25) is 0 Å². The Kier molecular flexibility index (Phi) is 3.47. The molecule has 0 unspecified atom stereocenters. The summed E-state index contributed by atoms with van der Waals surface area (Å²) in [6, 6.07) is 2.91. The van der Waals surface area contributed by atoms with Gasteiger partial charge in [0.2, 0.25) is 0 Å². The Morgan fingerprint density at radius 3 is 2.75 bits per heavy atom. The Labute approximate surface area is 113 Å². The van der Waals surface area contributed by atoms with Gasteiger partial charge in [0, 0.05) is 0 Å². The van der Waals surface area contributed by atoms with Crippen LogP contribution in [0.5, 0.6) is 0 Å². The molecule has 0 aliphatic carbocycles. The molecule has 0 fully saturated rings. The van der Waals surface area contributed by atoms with Crippen LogP contribution in [0.4, 0.5) is 8.78 Å². The zero-order chi connectivity index (χ0) is 14.9. The summed E-state index contributed by atoms with van der Waals surface area (Å²) in [5, 5.41) is 19.7. The fourth-order valence-electron chi connectivity index (χ4n) is 1.61. The number of aliphatic carboxylic acids is 1. The molecule has 1 aromatic heterocycles. The summed E-state index contributed by atoms with van der Waals surface area (Å²) in [5.41, 5.74) is -1.26. The van der Waals surface area contributed by atoms with Gasteiger partial charge in [-0.25, -0.2) is 13.5 Å². The van der Waals surface area contributed by atoms with E-state index in [1.807, 2.05) is 0 Å². The molecule has 0 amide bonds. The smallest absolute Gasteiger partial charge is 0.310 e. The van der Waals surface area contributed by atoms with E-state index in [0.717, 1.165) is 22.9 Å². The van der Waals surface area contributed by atoms with Crippen LogP contribution < -0.4 is 0 Å². The Hall–Kier alpha value is -2.38. The second-order valence-electron chi connectivity index (χ2n) is 4.97. The minimum absolute atomic E-state index is 0.0173. The lowest BCUT2D eigenvalue weighted by atomic mass is 9.94. The van der Waals surface area contributed by atoms with Gasteiger partial charge in [0.05, 0.1) is 17.5 Å². The number of benzene rings is 1. The molecule has 0 saturated carbocycles. The fraction of sp³-hybridized carbons (Fsp3) is 0.333. The lowest BCUT2D eigenvalue weighted by molar-refractivity contribution is -0.147. The third-order valence-electron chi connectivity index (χ3n) is 2.83. The van der Waals surface area contributed by atoms with E-state index in [4.69, 9.17) is 5.11 Å². The van der Waals surface area contributed by atoms with E-state index in [1.54, 1.807) is 0 Å². The maximum Gasteiger partial charge on any atom is 0.310 e. The van der Waals surface area contributed by atoms with Gasteiger partial charge in [-0.15, -0.1) is 5.10 Å². The van der Waals surface area contributed by atoms with Crippen LogP contribution in [0.15, 0.2) is 18.2 Å². The van der Waals surface area contributed by atoms with Crippen LogP contribution in [-0.2, 0) is 11.3 Å². The molecule has 0 spiro atoms. The summed E-state index contributed by atoms with van der Waals surface area (Å²) in [5.74, 6) is -2.38. The third-order valence-corrected chi connectivity index (χ3v) is 2.83. The minimum Gasteiger partial charge on any atom is -0.481 e. The molecule has 1 aromatic carbocycles. The van der Waals surface area contributed by atoms with Crippen LogP contribution in [0.25, 0.3) is 11.4 Å². The third kappa shape index (κ3) is 2.63. The summed E-state index contributed by atoms with van der Waals surface area (Å²) >= 11 is 0. The monoisotopic (exact) mass is 282 g/mol. The highest BCUT2D eigenvalue weighted by atomic mass is 19.1. The minimum atomic E-state index is -1.14. The molecular weight excluding hydrogens is 270 g/mol. The zero-order valence-electron chi connectivity index (χ0n) is 10.8. The van der Waals surface area contributed by atoms with E-state index < -0.39 is 23.0 Å². The van der Waals surface area contributed by atoms with E-state index in [1.165, 1.54) is 13.8 Å². The first kappa shape index (κ1) is 14.0. The van der Waals surface area contributed by atoms with Crippen molar-refractivity contribution in [2.24, 2.45) is 5.41 Å². The van der Waals surface area contributed by atoms with Gasteiger partial charge in [0.15, 0.2) is 5.82 Å². The summed E-state index contributed by atoms with van der Waals surface area (Å²) in [6.07, 6.45) is 0. The molecule has 0 aliphatic heterocycles. The number of nitrogens with zero attached hydrogens (tertiary/aromatic N) is 4. The van der Waals surface area contributed by atoms with Crippen LogP contribution in [0.1, 0.15) is 13.8 Å².